The van der Waals surface area contributed by atoms with E-state index in [1.165, 1.54) is 31.4 Å². The lowest BCUT2D eigenvalue weighted by Crippen LogP contribution is -2.31. The van der Waals surface area contributed by atoms with Gasteiger partial charge in [0.05, 0.1) is 9.37 Å². The van der Waals surface area contributed by atoms with Crippen molar-refractivity contribution < 1.29 is 12.8 Å². The van der Waals surface area contributed by atoms with Crippen molar-refractivity contribution in [1.82, 2.24) is 4.72 Å². The molecule has 0 saturated heterocycles. The predicted molar refractivity (Wildman–Crippen MR) is 78.2 cm³/mol. The molecule has 110 valence electrons. The van der Waals surface area contributed by atoms with E-state index in [0.717, 1.165) is 18.4 Å². The van der Waals surface area contributed by atoms with Gasteiger partial charge in [0.25, 0.3) is 0 Å². The maximum Gasteiger partial charge on any atom is 0.240 e. The second-order valence-electron chi connectivity index (χ2n) is 5.86. The molecule has 0 spiro atoms. The first kappa shape index (κ1) is 14.5. The number of sulfonamides is 1. The van der Waals surface area contributed by atoms with E-state index in [9.17, 15) is 12.8 Å². The van der Waals surface area contributed by atoms with Crippen LogP contribution in [0.2, 0.25) is 0 Å². The minimum absolute atomic E-state index is 0.0126. The average Bonchev–Trinajstić information content (AvgIpc) is 3.02. The number of halogens is 2. The monoisotopic (exact) mass is 361 g/mol. The Morgan fingerprint density at radius 3 is 2.70 bits per heavy atom. The van der Waals surface area contributed by atoms with Crippen LogP contribution in [0, 0.1) is 23.6 Å². The topological polar surface area (TPSA) is 46.2 Å². The van der Waals surface area contributed by atoms with Crippen molar-refractivity contribution in [2.45, 2.75) is 30.6 Å². The zero-order chi connectivity index (χ0) is 14.3. The molecule has 2 bridgehead atoms. The third-order valence-electron chi connectivity index (χ3n) is 4.62. The van der Waals surface area contributed by atoms with Crippen molar-refractivity contribution in [2.75, 3.05) is 6.54 Å². The highest BCUT2D eigenvalue weighted by Crippen LogP contribution is 2.48. The fraction of sp³-hybridized carbons (Fsp3) is 0.571. The van der Waals surface area contributed by atoms with Gasteiger partial charge in [0, 0.05) is 6.54 Å². The molecule has 0 aliphatic heterocycles. The lowest BCUT2D eigenvalue weighted by atomic mass is 9.89. The molecular formula is C14H17BrFNO2S. The van der Waals surface area contributed by atoms with Crippen LogP contribution in [0.15, 0.2) is 27.6 Å². The molecule has 3 nitrogen and oxygen atoms in total. The van der Waals surface area contributed by atoms with Crippen LogP contribution >= 0.6 is 15.9 Å². The molecule has 20 heavy (non-hydrogen) atoms. The molecule has 3 unspecified atom stereocenters. The van der Waals surface area contributed by atoms with E-state index < -0.39 is 15.8 Å². The Morgan fingerprint density at radius 1 is 1.30 bits per heavy atom. The number of hydrogen-bond acceptors (Lipinski definition) is 2. The number of fused-ring (bicyclic) bond motifs is 2. The summed E-state index contributed by atoms with van der Waals surface area (Å²) in [6.45, 7) is 0.473. The van der Waals surface area contributed by atoms with Crippen LogP contribution in [0.1, 0.15) is 25.7 Å². The molecule has 3 rings (SSSR count). The maximum atomic E-state index is 13.4. The van der Waals surface area contributed by atoms with Gasteiger partial charge in [-0.1, -0.05) is 6.42 Å². The molecule has 2 aliphatic carbocycles. The molecule has 1 N–H and O–H groups in total. The van der Waals surface area contributed by atoms with Gasteiger partial charge in [-0.3, -0.25) is 0 Å². The Labute approximate surface area is 127 Å². The molecule has 0 amide bonds. The van der Waals surface area contributed by atoms with Crippen LogP contribution in [0.4, 0.5) is 4.39 Å². The summed E-state index contributed by atoms with van der Waals surface area (Å²) in [5.74, 6) is 1.35. The van der Waals surface area contributed by atoms with Crippen LogP contribution in [0.25, 0.3) is 0 Å². The first-order valence-corrected chi connectivity index (χ1v) is 9.18. The van der Waals surface area contributed by atoms with E-state index in [0.29, 0.717) is 18.4 Å². The minimum Gasteiger partial charge on any atom is -0.211 e. The Balaban J connectivity index is 1.68. The second kappa shape index (κ2) is 5.39. The van der Waals surface area contributed by atoms with Crippen molar-refractivity contribution >= 4 is 26.0 Å². The van der Waals surface area contributed by atoms with Gasteiger partial charge >= 0.3 is 0 Å². The third kappa shape index (κ3) is 2.78. The molecule has 0 aromatic heterocycles. The van der Waals surface area contributed by atoms with E-state index in [1.54, 1.807) is 0 Å². The molecule has 3 atom stereocenters. The minimum atomic E-state index is -3.61. The Bertz CT molecular complexity index is 620. The lowest BCUT2D eigenvalue weighted by molar-refractivity contribution is 0.333. The summed E-state index contributed by atoms with van der Waals surface area (Å²) >= 11 is 3.02. The van der Waals surface area contributed by atoms with E-state index >= 15 is 0 Å². The predicted octanol–water partition coefficient (Wildman–Crippen LogP) is 3.30. The highest BCUT2D eigenvalue weighted by molar-refractivity contribution is 9.10. The first-order chi connectivity index (χ1) is 9.45. The van der Waals surface area contributed by atoms with Crippen molar-refractivity contribution in [1.29, 1.82) is 0 Å². The first-order valence-electron chi connectivity index (χ1n) is 6.90. The van der Waals surface area contributed by atoms with Crippen LogP contribution in [-0.2, 0) is 10.0 Å². The van der Waals surface area contributed by atoms with Crippen molar-refractivity contribution in [2.24, 2.45) is 17.8 Å². The van der Waals surface area contributed by atoms with Crippen LogP contribution in [0.3, 0.4) is 0 Å². The maximum absolute atomic E-state index is 13.4. The smallest absolute Gasteiger partial charge is 0.211 e. The summed E-state index contributed by atoms with van der Waals surface area (Å²) in [7, 11) is -3.61. The van der Waals surface area contributed by atoms with E-state index in [2.05, 4.69) is 20.7 Å². The number of benzene rings is 1. The van der Waals surface area contributed by atoms with Gasteiger partial charge in [0.15, 0.2) is 0 Å². The quantitative estimate of drug-likeness (QED) is 0.893. The van der Waals surface area contributed by atoms with E-state index in [4.69, 9.17) is 0 Å². The molecule has 6 heteroatoms. The summed E-state index contributed by atoms with van der Waals surface area (Å²) in [5, 5.41) is 0. The summed E-state index contributed by atoms with van der Waals surface area (Å²) in [6, 6.07) is 3.88. The Morgan fingerprint density at radius 2 is 2.10 bits per heavy atom. The standard InChI is InChI=1S/C14H17BrFNO2S/c15-13-4-3-12(7-14(13)16)20(18,19)17-8-11-6-9-1-2-10(11)5-9/h3-4,7,9-11,17H,1-2,5-6,8H2. The van der Waals surface area contributed by atoms with Crippen molar-refractivity contribution in [3.05, 3.63) is 28.5 Å². The number of rotatable bonds is 4. The summed E-state index contributed by atoms with van der Waals surface area (Å²) in [4.78, 5) is -0.0126. The van der Waals surface area contributed by atoms with Crippen LogP contribution < -0.4 is 4.72 Å². The summed E-state index contributed by atoms with van der Waals surface area (Å²) in [6.07, 6.45) is 4.90. The molecule has 0 radical (unpaired) electrons. The molecular weight excluding hydrogens is 345 g/mol. The molecule has 0 heterocycles. The average molecular weight is 362 g/mol. The zero-order valence-electron chi connectivity index (χ0n) is 11.0. The molecule has 2 fully saturated rings. The lowest BCUT2D eigenvalue weighted by Gasteiger charge is -2.21. The number of hydrogen-bond donors (Lipinski definition) is 1. The normalized spacial score (nSPS) is 29.0. The highest BCUT2D eigenvalue weighted by atomic mass is 79.9. The molecule has 1 aromatic carbocycles. The van der Waals surface area contributed by atoms with E-state index in [-0.39, 0.29) is 9.37 Å². The van der Waals surface area contributed by atoms with Gasteiger partial charge in [-0.2, -0.15) is 0 Å². The molecule has 1 aromatic rings. The van der Waals surface area contributed by atoms with Gasteiger partial charge in [0.1, 0.15) is 5.82 Å². The zero-order valence-corrected chi connectivity index (χ0v) is 13.4. The summed E-state index contributed by atoms with van der Waals surface area (Å²) in [5.41, 5.74) is 0. The fourth-order valence-corrected chi connectivity index (χ4v) is 4.92. The van der Waals surface area contributed by atoms with Gasteiger partial charge in [-0.05, 0) is 71.1 Å². The Kier molecular flexibility index (Phi) is 3.90. The van der Waals surface area contributed by atoms with Gasteiger partial charge < -0.3 is 0 Å². The van der Waals surface area contributed by atoms with E-state index in [1.807, 2.05) is 0 Å². The molecule has 2 aliphatic rings. The SMILES string of the molecule is O=S(=O)(NCC1CC2CCC1C2)c1ccc(Br)c(F)c1. The largest absolute Gasteiger partial charge is 0.240 e. The van der Waals surface area contributed by atoms with Crippen molar-refractivity contribution in [3.8, 4) is 0 Å². The van der Waals surface area contributed by atoms with Gasteiger partial charge in [-0.25, -0.2) is 17.5 Å². The second-order valence-corrected chi connectivity index (χ2v) is 8.48. The number of nitrogens with one attached hydrogen (secondary N) is 1. The van der Waals surface area contributed by atoms with Crippen molar-refractivity contribution in [3.63, 3.8) is 0 Å². The Hall–Kier alpha value is -0.460. The van der Waals surface area contributed by atoms with Crippen LogP contribution in [0.5, 0.6) is 0 Å². The molecule has 2 saturated carbocycles. The highest BCUT2D eigenvalue weighted by Gasteiger charge is 2.39. The van der Waals surface area contributed by atoms with Crippen LogP contribution in [-0.4, -0.2) is 15.0 Å². The summed E-state index contributed by atoms with van der Waals surface area (Å²) < 4.78 is 40.7. The third-order valence-corrected chi connectivity index (χ3v) is 6.69. The van der Waals surface area contributed by atoms with Gasteiger partial charge in [-0.15, -0.1) is 0 Å². The van der Waals surface area contributed by atoms with Gasteiger partial charge in [0.2, 0.25) is 10.0 Å². The fourth-order valence-electron chi connectivity index (χ4n) is 3.57.